The summed E-state index contributed by atoms with van der Waals surface area (Å²) in [5, 5.41) is 9.91. The molecule has 4 N–H and O–H groups in total. The number of nitrogens with two attached hydrogens (primary N) is 1. The van der Waals surface area contributed by atoms with Crippen molar-refractivity contribution in [3.05, 3.63) is 69.7 Å². The quantitative estimate of drug-likeness (QED) is 0.505. The molecule has 4 rings (SSSR count). The lowest BCUT2D eigenvalue weighted by molar-refractivity contribution is -0.131. The monoisotopic (exact) mass is 438 g/mol. The van der Waals surface area contributed by atoms with Gasteiger partial charge in [-0.25, -0.2) is 4.79 Å². The Bertz CT molecular complexity index is 1200. The molecule has 1 aliphatic rings. The first-order chi connectivity index (χ1) is 15.3. The molecule has 1 saturated heterocycles. The van der Waals surface area contributed by atoms with Crippen LogP contribution in [0.2, 0.25) is 0 Å². The number of aromatic nitrogens is 1. The van der Waals surface area contributed by atoms with Gasteiger partial charge in [0.15, 0.2) is 5.58 Å². The SMILES string of the molecule is CN(C(=O)Cc1ccc2oc(=O)[nH]c2c1)[C@H](CN1CC[C@H](O)C1)c1cccc(C(N)=O)c1. The first kappa shape index (κ1) is 21.8. The van der Waals surface area contributed by atoms with E-state index < -0.39 is 11.7 Å². The number of H-pyrrole nitrogens is 1. The fraction of sp³-hybridized carbons (Fsp3) is 0.348. The number of likely N-dealkylation sites (N-methyl/N-ethyl adjacent to an activating group) is 1. The Morgan fingerprint density at radius 2 is 2.12 bits per heavy atom. The molecule has 0 saturated carbocycles. The third kappa shape index (κ3) is 4.74. The van der Waals surface area contributed by atoms with E-state index in [9.17, 15) is 19.5 Å². The Kier molecular flexibility index (Phi) is 6.11. The van der Waals surface area contributed by atoms with Crippen LogP contribution in [0.3, 0.4) is 0 Å². The number of oxazole rings is 1. The number of rotatable bonds is 7. The lowest BCUT2D eigenvalue weighted by Gasteiger charge is -2.32. The number of hydrogen-bond acceptors (Lipinski definition) is 6. The van der Waals surface area contributed by atoms with Crippen molar-refractivity contribution in [1.29, 1.82) is 0 Å². The zero-order valence-corrected chi connectivity index (χ0v) is 17.8. The number of carbonyl (C=O) groups is 2. The summed E-state index contributed by atoms with van der Waals surface area (Å²) in [6.07, 6.45) is 0.445. The maximum Gasteiger partial charge on any atom is 0.417 e. The number of aromatic amines is 1. The van der Waals surface area contributed by atoms with Gasteiger partial charge in [-0.05, 0) is 41.8 Å². The van der Waals surface area contributed by atoms with Crippen molar-refractivity contribution in [3.63, 3.8) is 0 Å². The van der Waals surface area contributed by atoms with Crippen molar-refractivity contribution in [2.75, 3.05) is 26.7 Å². The van der Waals surface area contributed by atoms with Gasteiger partial charge >= 0.3 is 5.76 Å². The van der Waals surface area contributed by atoms with E-state index in [1.54, 1.807) is 48.3 Å². The lowest BCUT2D eigenvalue weighted by Crippen LogP contribution is -2.39. The molecule has 2 heterocycles. The topological polar surface area (TPSA) is 133 Å². The second-order valence-corrected chi connectivity index (χ2v) is 8.23. The molecule has 32 heavy (non-hydrogen) atoms. The van der Waals surface area contributed by atoms with Crippen molar-refractivity contribution in [3.8, 4) is 0 Å². The highest BCUT2D eigenvalue weighted by Gasteiger charge is 2.28. The molecule has 168 valence electrons. The number of fused-ring (bicyclic) bond motifs is 1. The summed E-state index contributed by atoms with van der Waals surface area (Å²) in [6.45, 7) is 1.80. The van der Waals surface area contributed by atoms with Crippen LogP contribution in [0.4, 0.5) is 0 Å². The predicted octanol–water partition coefficient (Wildman–Crippen LogP) is 1.03. The zero-order valence-electron chi connectivity index (χ0n) is 17.8. The van der Waals surface area contributed by atoms with Crippen LogP contribution in [0.25, 0.3) is 11.1 Å². The molecule has 2 amide bonds. The number of nitrogens with one attached hydrogen (secondary N) is 1. The summed E-state index contributed by atoms with van der Waals surface area (Å²) < 4.78 is 5.01. The third-order valence-electron chi connectivity index (χ3n) is 5.93. The molecule has 0 bridgehead atoms. The van der Waals surface area contributed by atoms with Gasteiger partial charge in [-0.3, -0.25) is 19.5 Å². The maximum atomic E-state index is 13.2. The molecule has 1 fully saturated rings. The van der Waals surface area contributed by atoms with Crippen molar-refractivity contribution < 1.29 is 19.1 Å². The van der Waals surface area contributed by atoms with E-state index in [-0.39, 0.29) is 24.5 Å². The second-order valence-electron chi connectivity index (χ2n) is 8.23. The molecule has 2 aromatic carbocycles. The van der Waals surface area contributed by atoms with E-state index in [1.807, 2.05) is 6.07 Å². The Morgan fingerprint density at radius 1 is 1.31 bits per heavy atom. The number of hydrogen-bond donors (Lipinski definition) is 3. The molecule has 0 aliphatic carbocycles. The molecule has 9 nitrogen and oxygen atoms in total. The van der Waals surface area contributed by atoms with E-state index in [4.69, 9.17) is 10.2 Å². The molecule has 0 unspecified atom stereocenters. The Balaban J connectivity index is 1.58. The standard InChI is InChI=1S/C23H26N4O5/c1-26(21(29)10-14-5-6-20-18(9-14)25-23(31)32-20)19(13-27-8-7-17(28)12-27)15-3-2-4-16(11-15)22(24)30/h2-6,9,11,17,19,28H,7-8,10,12-13H2,1H3,(H2,24,30)(H,25,31)/t17-,19+/m0/s1. The van der Waals surface area contributed by atoms with Gasteiger partial charge in [0.25, 0.3) is 0 Å². The minimum Gasteiger partial charge on any atom is -0.408 e. The minimum atomic E-state index is -0.539. The molecule has 9 heteroatoms. The van der Waals surface area contributed by atoms with E-state index in [0.29, 0.717) is 36.2 Å². The highest BCUT2D eigenvalue weighted by molar-refractivity contribution is 5.93. The Labute approximate surface area is 184 Å². The summed E-state index contributed by atoms with van der Waals surface area (Å²) in [4.78, 5) is 42.6. The van der Waals surface area contributed by atoms with E-state index >= 15 is 0 Å². The molecule has 0 spiro atoms. The largest absolute Gasteiger partial charge is 0.417 e. The fourth-order valence-electron chi connectivity index (χ4n) is 4.16. The van der Waals surface area contributed by atoms with Crippen LogP contribution in [0.1, 0.15) is 33.9 Å². The highest BCUT2D eigenvalue weighted by Crippen LogP contribution is 2.25. The lowest BCUT2D eigenvalue weighted by atomic mass is 10.0. The van der Waals surface area contributed by atoms with Crippen LogP contribution in [-0.4, -0.2) is 64.5 Å². The van der Waals surface area contributed by atoms with Gasteiger partial charge in [-0.15, -0.1) is 0 Å². The summed E-state index contributed by atoms with van der Waals surface area (Å²) in [5.41, 5.74) is 8.35. The number of likely N-dealkylation sites (tertiary alicyclic amines) is 1. The molecule has 0 radical (unpaired) electrons. The van der Waals surface area contributed by atoms with Crippen molar-refractivity contribution in [2.24, 2.45) is 5.73 Å². The van der Waals surface area contributed by atoms with Crippen molar-refractivity contribution >= 4 is 22.9 Å². The molecule has 3 aromatic rings. The van der Waals surface area contributed by atoms with Gasteiger partial charge < -0.3 is 20.2 Å². The number of β-amino-alcohol motifs (C(OH)–C–C–N with tert-alkyl or cyclic N) is 1. The minimum absolute atomic E-state index is 0.121. The van der Waals surface area contributed by atoms with Crippen molar-refractivity contribution in [2.45, 2.75) is 25.0 Å². The van der Waals surface area contributed by atoms with Gasteiger partial charge in [0.1, 0.15) is 0 Å². The normalized spacial score (nSPS) is 17.5. The number of amides is 2. The summed E-state index contributed by atoms with van der Waals surface area (Å²) in [7, 11) is 1.73. The third-order valence-corrected chi connectivity index (χ3v) is 5.93. The van der Waals surface area contributed by atoms with Crippen LogP contribution in [0, 0.1) is 0 Å². The first-order valence-corrected chi connectivity index (χ1v) is 10.5. The Hall–Kier alpha value is -3.43. The number of benzene rings is 2. The van der Waals surface area contributed by atoms with Gasteiger partial charge in [-0.2, -0.15) is 0 Å². The van der Waals surface area contributed by atoms with Gasteiger partial charge in [0.05, 0.1) is 24.1 Å². The van der Waals surface area contributed by atoms with Gasteiger partial charge in [-0.1, -0.05) is 18.2 Å². The summed E-state index contributed by atoms with van der Waals surface area (Å²) in [6, 6.07) is 11.8. The smallest absolute Gasteiger partial charge is 0.408 e. The molecule has 1 aromatic heterocycles. The van der Waals surface area contributed by atoms with Crippen LogP contribution in [0.15, 0.2) is 51.7 Å². The summed E-state index contributed by atoms with van der Waals surface area (Å²) >= 11 is 0. The number of aliphatic hydroxyl groups excluding tert-OH is 1. The average molecular weight is 438 g/mol. The van der Waals surface area contributed by atoms with E-state index in [2.05, 4.69) is 9.88 Å². The predicted molar refractivity (Wildman–Crippen MR) is 118 cm³/mol. The van der Waals surface area contributed by atoms with Gasteiger partial charge in [0, 0.05) is 32.2 Å². The average Bonchev–Trinajstić information content (AvgIpc) is 3.35. The molecule has 2 atom stereocenters. The first-order valence-electron chi connectivity index (χ1n) is 10.5. The van der Waals surface area contributed by atoms with Crippen LogP contribution < -0.4 is 11.5 Å². The Morgan fingerprint density at radius 3 is 2.84 bits per heavy atom. The van der Waals surface area contributed by atoms with Crippen LogP contribution in [0.5, 0.6) is 0 Å². The molecule has 1 aliphatic heterocycles. The van der Waals surface area contributed by atoms with Crippen LogP contribution in [-0.2, 0) is 11.2 Å². The maximum absolute atomic E-state index is 13.2. The van der Waals surface area contributed by atoms with Crippen molar-refractivity contribution in [1.82, 2.24) is 14.8 Å². The number of nitrogens with zero attached hydrogens (tertiary/aromatic N) is 2. The summed E-state index contributed by atoms with van der Waals surface area (Å²) in [5.74, 6) is -1.19. The van der Waals surface area contributed by atoms with Crippen LogP contribution >= 0.6 is 0 Å². The number of carbonyl (C=O) groups excluding carboxylic acids is 2. The number of primary amides is 1. The number of aliphatic hydroxyl groups is 1. The van der Waals surface area contributed by atoms with Gasteiger partial charge in [0.2, 0.25) is 11.8 Å². The second kappa shape index (κ2) is 8.97. The molecular formula is C23H26N4O5. The zero-order chi connectivity index (χ0) is 22.8. The highest BCUT2D eigenvalue weighted by atomic mass is 16.4. The van der Waals surface area contributed by atoms with E-state index in [0.717, 1.165) is 17.7 Å². The fourth-order valence-corrected chi connectivity index (χ4v) is 4.16. The van der Waals surface area contributed by atoms with E-state index in [1.165, 1.54) is 0 Å². The molecular weight excluding hydrogens is 412 g/mol.